The van der Waals surface area contributed by atoms with Crippen molar-refractivity contribution in [3.8, 4) is 0 Å². The number of hydrogen-bond donors (Lipinski definition) is 2. The van der Waals surface area contributed by atoms with E-state index in [0.717, 1.165) is 12.8 Å². The Balaban J connectivity index is 2.38. The van der Waals surface area contributed by atoms with Crippen molar-refractivity contribution in [1.29, 1.82) is 0 Å². The fraction of sp³-hybridized carbons (Fsp3) is 0.833. The lowest BCUT2D eigenvalue weighted by atomic mass is 10.0. The molecule has 6 nitrogen and oxygen atoms in total. The third kappa shape index (κ3) is 4.91. The first kappa shape index (κ1) is 14.8. The van der Waals surface area contributed by atoms with Gasteiger partial charge in [0.1, 0.15) is 0 Å². The Hall–Kier alpha value is -1.30. The van der Waals surface area contributed by atoms with E-state index in [-0.39, 0.29) is 31.1 Å². The summed E-state index contributed by atoms with van der Waals surface area (Å²) in [6.07, 6.45) is 1.76. The summed E-state index contributed by atoms with van der Waals surface area (Å²) in [6.45, 7) is 5.25. The maximum atomic E-state index is 11.9. The van der Waals surface area contributed by atoms with Crippen LogP contribution in [0.15, 0.2) is 0 Å². The maximum Gasteiger partial charge on any atom is 0.317 e. The van der Waals surface area contributed by atoms with Crippen molar-refractivity contribution < 1.29 is 19.4 Å². The molecule has 2 atom stereocenters. The lowest BCUT2D eigenvalue weighted by Gasteiger charge is -2.30. The van der Waals surface area contributed by atoms with Crippen LogP contribution in [0.25, 0.3) is 0 Å². The molecule has 18 heavy (non-hydrogen) atoms. The molecule has 2 unspecified atom stereocenters. The monoisotopic (exact) mass is 258 g/mol. The minimum atomic E-state index is -0.888. The zero-order valence-electron chi connectivity index (χ0n) is 11.0. The van der Waals surface area contributed by atoms with Crippen LogP contribution in [0.3, 0.4) is 0 Å². The van der Waals surface area contributed by atoms with Gasteiger partial charge in [-0.15, -0.1) is 0 Å². The van der Waals surface area contributed by atoms with Crippen LogP contribution in [0.2, 0.25) is 0 Å². The fourth-order valence-corrected chi connectivity index (χ4v) is 2.03. The van der Waals surface area contributed by atoms with Gasteiger partial charge >= 0.3 is 12.0 Å². The average molecular weight is 258 g/mol. The maximum absolute atomic E-state index is 11.9. The molecule has 1 aliphatic heterocycles. The van der Waals surface area contributed by atoms with Gasteiger partial charge in [-0.05, 0) is 26.7 Å². The zero-order valence-corrected chi connectivity index (χ0v) is 11.0. The van der Waals surface area contributed by atoms with E-state index in [1.165, 1.54) is 4.90 Å². The number of rotatable bonds is 5. The summed E-state index contributed by atoms with van der Waals surface area (Å²) in [6, 6.07) is -0.0574. The van der Waals surface area contributed by atoms with Gasteiger partial charge in [0, 0.05) is 25.7 Å². The van der Waals surface area contributed by atoms with Crippen LogP contribution in [-0.2, 0) is 9.53 Å². The van der Waals surface area contributed by atoms with Crippen LogP contribution < -0.4 is 5.32 Å². The molecule has 2 N–H and O–H groups in total. The second kappa shape index (κ2) is 7.20. The summed E-state index contributed by atoms with van der Waals surface area (Å²) in [4.78, 5) is 24.0. The molecule has 0 bridgehead atoms. The van der Waals surface area contributed by atoms with Gasteiger partial charge in [0.25, 0.3) is 0 Å². The topological polar surface area (TPSA) is 78.9 Å². The Morgan fingerprint density at radius 1 is 1.50 bits per heavy atom. The van der Waals surface area contributed by atoms with Crippen molar-refractivity contribution >= 4 is 12.0 Å². The molecule has 6 heteroatoms. The predicted octanol–water partition coefficient (Wildman–Crippen LogP) is 1.06. The zero-order chi connectivity index (χ0) is 13.5. The minimum Gasteiger partial charge on any atom is -0.481 e. The highest BCUT2D eigenvalue weighted by atomic mass is 16.5. The molecule has 1 heterocycles. The number of hydrogen-bond acceptors (Lipinski definition) is 3. The van der Waals surface area contributed by atoms with E-state index in [1.807, 2.05) is 13.8 Å². The van der Waals surface area contributed by atoms with Gasteiger partial charge in [-0.2, -0.15) is 0 Å². The average Bonchev–Trinajstić information content (AvgIpc) is 2.29. The summed E-state index contributed by atoms with van der Waals surface area (Å²) in [5, 5.41) is 11.6. The quantitative estimate of drug-likeness (QED) is 0.773. The summed E-state index contributed by atoms with van der Waals surface area (Å²) < 4.78 is 5.41. The van der Waals surface area contributed by atoms with Crippen molar-refractivity contribution in [1.82, 2.24) is 10.2 Å². The van der Waals surface area contributed by atoms with Crippen molar-refractivity contribution in [2.24, 2.45) is 0 Å². The first-order valence-corrected chi connectivity index (χ1v) is 6.41. The third-order valence-corrected chi connectivity index (χ3v) is 3.08. The number of nitrogens with one attached hydrogen (secondary N) is 1. The van der Waals surface area contributed by atoms with Crippen LogP contribution in [0, 0.1) is 0 Å². The molecular formula is C12H22N2O4. The largest absolute Gasteiger partial charge is 0.481 e. The molecule has 1 rings (SSSR count). The number of carboxylic acid groups (broad SMARTS) is 1. The molecular weight excluding hydrogens is 236 g/mol. The van der Waals surface area contributed by atoms with Gasteiger partial charge in [-0.3, -0.25) is 4.79 Å². The number of amides is 2. The fourth-order valence-electron chi connectivity index (χ4n) is 2.03. The number of carbonyl (C=O) groups is 2. The van der Waals surface area contributed by atoms with E-state index in [2.05, 4.69) is 5.32 Å². The highest BCUT2D eigenvalue weighted by Gasteiger charge is 2.22. The van der Waals surface area contributed by atoms with Gasteiger partial charge in [-0.25, -0.2) is 4.79 Å². The number of carboxylic acids is 1. The Bertz CT molecular complexity index is 296. The predicted molar refractivity (Wildman–Crippen MR) is 66.5 cm³/mol. The molecule has 0 saturated carbocycles. The Morgan fingerprint density at radius 2 is 2.22 bits per heavy atom. The van der Waals surface area contributed by atoms with E-state index in [9.17, 15) is 9.59 Å². The number of ether oxygens (including phenoxy) is 1. The second-order valence-electron chi connectivity index (χ2n) is 4.58. The Kier molecular flexibility index (Phi) is 5.91. The van der Waals surface area contributed by atoms with Crippen LogP contribution in [-0.4, -0.2) is 53.8 Å². The molecule has 1 aliphatic rings. The molecule has 0 aromatic carbocycles. The normalized spacial score (nSPS) is 23.4. The summed E-state index contributed by atoms with van der Waals surface area (Å²) in [5.41, 5.74) is 0. The first-order valence-electron chi connectivity index (χ1n) is 6.41. The molecule has 1 saturated heterocycles. The number of urea groups is 1. The van der Waals surface area contributed by atoms with E-state index < -0.39 is 5.97 Å². The van der Waals surface area contributed by atoms with E-state index in [1.54, 1.807) is 0 Å². The third-order valence-electron chi connectivity index (χ3n) is 3.08. The molecule has 0 aromatic heterocycles. The minimum absolute atomic E-state index is 0.0224. The van der Waals surface area contributed by atoms with Crippen molar-refractivity contribution in [2.45, 2.75) is 45.3 Å². The molecule has 0 spiro atoms. The molecule has 0 aliphatic carbocycles. The van der Waals surface area contributed by atoms with Gasteiger partial charge in [0.2, 0.25) is 0 Å². The smallest absolute Gasteiger partial charge is 0.317 e. The van der Waals surface area contributed by atoms with Crippen molar-refractivity contribution in [3.05, 3.63) is 0 Å². The standard InChI is InChI=1S/C12H22N2O4/c1-3-14(6-4-11(15)16)12(17)13-10-5-7-18-9(2)8-10/h9-10H,3-8H2,1-2H3,(H,13,17)(H,15,16). The van der Waals surface area contributed by atoms with E-state index in [4.69, 9.17) is 9.84 Å². The first-order chi connectivity index (χ1) is 8.52. The SMILES string of the molecule is CCN(CCC(=O)O)C(=O)NC1CCOC(C)C1. The number of carbonyl (C=O) groups excluding carboxylic acids is 1. The summed E-state index contributed by atoms with van der Waals surface area (Å²) in [7, 11) is 0. The van der Waals surface area contributed by atoms with Gasteiger partial charge in [0.05, 0.1) is 12.5 Å². The van der Waals surface area contributed by atoms with Crippen LogP contribution in [0.1, 0.15) is 33.1 Å². The van der Waals surface area contributed by atoms with E-state index in [0.29, 0.717) is 13.2 Å². The Morgan fingerprint density at radius 3 is 2.78 bits per heavy atom. The Labute approximate surface area is 107 Å². The van der Waals surface area contributed by atoms with Gasteiger partial charge in [0.15, 0.2) is 0 Å². The van der Waals surface area contributed by atoms with Gasteiger partial charge in [-0.1, -0.05) is 0 Å². The number of aliphatic carboxylic acids is 1. The molecule has 104 valence electrons. The van der Waals surface area contributed by atoms with Crippen LogP contribution in [0.5, 0.6) is 0 Å². The highest BCUT2D eigenvalue weighted by Crippen LogP contribution is 2.13. The van der Waals surface area contributed by atoms with Crippen molar-refractivity contribution in [2.75, 3.05) is 19.7 Å². The second-order valence-corrected chi connectivity index (χ2v) is 4.58. The summed E-state index contributed by atoms with van der Waals surface area (Å²) >= 11 is 0. The highest BCUT2D eigenvalue weighted by molar-refractivity contribution is 5.75. The molecule has 0 aromatic rings. The van der Waals surface area contributed by atoms with Crippen LogP contribution in [0.4, 0.5) is 4.79 Å². The van der Waals surface area contributed by atoms with Crippen molar-refractivity contribution in [3.63, 3.8) is 0 Å². The molecule has 0 radical (unpaired) electrons. The number of nitrogens with zero attached hydrogens (tertiary/aromatic N) is 1. The molecule has 2 amide bonds. The van der Waals surface area contributed by atoms with Crippen LogP contribution >= 0.6 is 0 Å². The summed E-state index contributed by atoms with van der Waals surface area (Å²) in [5.74, 6) is -0.888. The van der Waals surface area contributed by atoms with E-state index >= 15 is 0 Å². The lowest BCUT2D eigenvalue weighted by molar-refractivity contribution is -0.137. The lowest BCUT2D eigenvalue weighted by Crippen LogP contribution is -2.48. The van der Waals surface area contributed by atoms with Gasteiger partial charge < -0.3 is 20.1 Å². The molecule has 1 fully saturated rings.